The molecule has 0 aliphatic carbocycles. The summed E-state index contributed by atoms with van der Waals surface area (Å²) in [7, 11) is 3.39. The molecule has 158 valence electrons. The van der Waals surface area contributed by atoms with Crippen LogP contribution in [0.2, 0.25) is 5.02 Å². The van der Waals surface area contributed by atoms with Crippen molar-refractivity contribution in [1.29, 1.82) is 0 Å². The normalized spacial score (nSPS) is 24.6. The molecule has 3 nitrogen and oxygen atoms in total. The summed E-state index contributed by atoms with van der Waals surface area (Å²) < 4.78 is 13.8. The van der Waals surface area contributed by atoms with Crippen LogP contribution >= 0.6 is 39.3 Å². The molecule has 3 aliphatic heterocycles. The number of hydrogen-bond acceptors (Lipinski definition) is 4. The van der Waals surface area contributed by atoms with E-state index in [1.807, 2.05) is 11.8 Å². The molecule has 2 unspecified atom stereocenters. The average Bonchev–Trinajstić information content (AvgIpc) is 3.49. The van der Waals surface area contributed by atoms with Crippen LogP contribution in [0, 0.1) is 0 Å². The van der Waals surface area contributed by atoms with E-state index >= 15 is 0 Å². The zero-order valence-corrected chi connectivity index (χ0v) is 22.1. The van der Waals surface area contributed by atoms with Crippen LogP contribution in [0.25, 0.3) is 0 Å². The molecule has 0 spiro atoms. The Bertz CT molecular complexity index is 880. The molecule has 3 aliphatic rings. The number of alkyl halides is 3. The minimum absolute atomic E-state index is 0.356. The number of benzene rings is 1. The Morgan fingerprint density at radius 3 is 2.62 bits per heavy atom. The number of halogens is 3. The second kappa shape index (κ2) is 9.65. The fourth-order valence-corrected chi connectivity index (χ4v) is 7.66. The third-order valence-corrected chi connectivity index (χ3v) is 10.1. The van der Waals surface area contributed by atoms with Crippen LogP contribution in [0.3, 0.4) is 0 Å². The summed E-state index contributed by atoms with van der Waals surface area (Å²) in [6, 6.07) is 6.67. The number of ether oxygens (including phenoxy) is 2. The second-order valence-electron chi connectivity index (χ2n) is 7.07. The Labute approximate surface area is 201 Å². The summed E-state index contributed by atoms with van der Waals surface area (Å²) in [6.07, 6.45) is 6.11. The van der Waals surface area contributed by atoms with Gasteiger partial charge in [0.25, 0.3) is 0 Å². The SMILES string of the molecule is CCC1=C(C2=CCC(Br)S2)N(c2ccc(C3C[I-]3)cc2Cl)CC=C1C(OC)OC. The van der Waals surface area contributed by atoms with Gasteiger partial charge in [0.2, 0.25) is 0 Å². The molecule has 3 heterocycles. The molecule has 0 N–H and O–H groups in total. The second-order valence-corrected chi connectivity index (χ2v) is 13.7. The minimum atomic E-state index is -0.356. The molecule has 2 atom stereocenters. The molecule has 0 aromatic heterocycles. The molecule has 0 amide bonds. The molecule has 4 rings (SSSR count). The van der Waals surface area contributed by atoms with E-state index in [1.54, 1.807) is 14.2 Å². The van der Waals surface area contributed by atoms with Gasteiger partial charge in [0.1, 0.15) is 0 Å². The van der Waals surface area contributed by atoms with Crippen molar-refractivity contribution in [3.05, 3.63) is 62.7 Å². The Balaban J connectivity index is 1.78. The first-order valence-electron chi connectivity index (χ1n) is 9.72. The van der Waals surface area contributed by atoms with E-state index in [-0.39, 0.29) is 6.29 Å². The Morgan fingerprint density at radius 1 is 1.31 bits per heavy atom. The van der Waals surface area contributed by atoms with Crippen LogP contribution < -0.4 is 26.1 Å². The van der Waals surface area contributed by atoms with Gasteiger partial charge < -0.3 is 0 Å². The van der Waals surface area contributed by atoms with E-state index in [9.17, 15) is 0 Å². The monoisotopic (exact) mass is 608 g/mol. The first-order chi connectivity index (χ1) is 14.1. The molecule has 7 heteroatoms. The van der Waals surface area contributed by atoms with Crippen LogP contribution in [0.4, 0.5) is 5.69 Å². The fraction of sp³-hybridized carbons (Fsp3) is 0.455. The number of methoxy groups -OCH3 is 2. The van der Waals surface area contributed by atoms with Crippen molar-refractivity contribution < 1.29 is 30.7 Å². The van der Waals surface area contributed by atoms with E-state index in [1.165, 1.54) is 26.2 Å². The topological polar surface area (TPSA) is 21.7 Å². The number of anilines is 1. The molecular weight excluding hydrogens is 585 g/mol. The predicted molar refractivity (Wildman–Crippen MR) is 123 cm³/mol. The standard InChI is InChI=1S/C22H25BrClINO2S/c1-4-14-15(22(27-2)28-3)9-10-26(21(14)19-7-8-20(23)29-19)18-6-5-13(11-16(18)24)17-12-25-17/h5-7,9,11,17,20,22H,4,8,10,12H2,1-3H3/q-1. The third kappa shape index (κ3) is 4.62. The van der Waals surface area contributed by atoms with Gasteiger partial charge in [-0.05, 0) is 0 Å². The van der Waals surface area contributed by atoms with Crippen LogP contribution in [-0.2, 0) is 9.47 Å². The number of hydrogen-bond donors (Lipinski definition) is 0. The van der Waals surface area contributed by atoms with Crippen molar-refractivity contribution in [2.24, 2.45) is 0 Å². The molecule has 1 aromatic rings. The summed E-state index contributed by atoms with van der Waals surface area (Å²) in [5.74, 6) is 0. The van der Waals surface area contributed by atoms with Crippen molar-refractivity contribution in [1.82, 2.24) is 0 Å². The average molecular weight is 610 g/mol. The van der Waals surface area contributed by atoms with Gasteiger partial charge in [-0.2, -0.15) is 0 Å². The number of allylic oxidation sites excluding steroid dienone is 1. The zero-order valence-electron chi connectivity index (χ0n) is 16.8. The van der Waals surface area contributed by atoms with E-state index in [0.717, 1.165) is 39.6 Å². The van der Waals surface area contributed by atoms with E-state index < -0.39 is 0 Å². The Hall–Kier alpha value is 0.01000. The van der Waals surface area contributed by atoms with Gasteiger partial charge in [-0.15, -0.1) is 0 Å². The van der Waals surface area contributed by atoms with Crippen LogP contribution in [0.5, 0.6) is 0 Å². The Morgan fingerprint density at radius 2 is 2.07 bits per heavy atom. The first kappa shape index (κ1) is 22.2. The van der Waals surface area contributed by atoms with Crippen molar-refractivity contribution in [2.75, 3.05) is 30.1 Å². The molecule has 1 saturated heterocycles. The summed E-state index contributed by atoms with van der Waals surface area (Å²) in [4.78, 5) is 3.66. The van der Waals surface area contributed by atoms with E-state index in [0.29, 0.717) is 25.4 Å². The van der Waals surface area contributed by atoms with Crippen LogP contribution in [0.1, 0.15) is 29.3 Å². The van der Waals surface area contributed by atoms with Gasteiger partial charge in [-0.3, -0.25) is 0 Å². The molecular formula is C22H25BrClINO2S-. The van der Waals surface area contributed by atoms with Crippen molar-refractivity contribution >= 4 is 45.0 Å². The maximum absolute atomic E-state index is 6.82. The Kier molecular flexibility index (Phi) is 7.39. The van der Waals surface area contributed by atoms with Gasteiger partial charge in [-0.1, -0.05) is 0 Å². The number of rotatable bonds is 7. The maximum atomic E-state index is 6.82. The van der Waals surface area contributed by atoms with E-state index in [4.69, 9.17) is 21.1 Å². The van der Waals surface area contributed by atoms with Crippen molar-refractivity contribution in [2.45, 2.75) is 34.1 Å². The van der Waals surface area contributed by atoms with Gasteiger partial charge in [0, 0.05) is 0 Å². The van der Waals surface area contributed by atoms with Crippen LogP contribution in [0.15, 0.2) is 52.1 Å². The van der Waals surface area contributed by atoms with Gasteiger partial charge in [0.15, 0.2) is 0 Å². The summed E-state index contributed by atoms with van der Waals surface area (Å²) in [5.41, 5.74) is 6.12. The van der Waals surface area contributed by atoms with Crippen molar-refractivity contribution in [3.63, 3.8) is 0 Å². The number of nitrogens with zero attached hydrogens (tertiary/aromatic N) is 1. The molecule has 1 fully saturated rings. The van der Waals surface area contributed by atoms with Crippen LogP contribution in [-0.4, -0.2) is 35.6 Å². The molecule has 0 radical (unpaired) electrons. The molecule has 29 heavy (non-hydrogen) atoms. The molecule has 0 saturated carbocycles. The summed E-state index contributed by atoms with van der Waals surface area (Å²) >= 11 is 12.8. The van der Waals surface area contributed by atoms with Crippen molar-refractivity contribution in [3.8, 4) is 0 Å². The van der Waals surface area contributed by atoms with Gasteiger partial charge in [-0.25, -0.2) is 0 Å². The molecule has 0 bridgehead atoms. The zero-order chi connectivity index (χ0) is 20.5. The quantitative estimate of drug-likeness (QED) is 0.269. The first-order valence-corrected chi connectivity index (χ1v) is 14.7. The number of thioether (sulfide) groups is 1. The van der Waals surface area contributed by atoms with Gasteiger partial charge >= 0.3 is 203 Å². The fourth-order valence-electron chi connectivity index (χ4n) is 3.91. The summed E-state index contributed by atoms with van der Waals surface area (Å²) in [6.45, 7) is 2.94. The predicted octanol–water partition coefficient (Wildman–Crippen LogP) is 3.25. The summed E-state index contributed by atoms with van der Waals surface area (Å²) in [5, 5.41) is 0.845. The van der Waals surface area contributed by atoms with Gasteiger partial charge in [0.05, 0.1) is 0 Å². The third-order valence-electron chi connectivity index (χ3n) is 5.34. The van der Waals surface area contributed by atoms with E-state index in [2.05, 4.69) is 58.1 Å². The molecule has 1 aromatic carbocycles.